The van der Waals surface area contributed by atoms with E-state index in [9.17, 15) is 9.59 Å². The molecule has 25 heavy (non-hydrogen) atoms. The minimum atomic E-state index is -1.12. The zero-order chi connectivity index (χ0) is 18.4. The summed E-state index contributed by atoms with van der Waals surface area (Å²) in [6, 6.07) is 9.10. The normalized spacial score (nSPS) is 20.1. The first-order chi connectivity index (χ1) is 11.7. The number of hydrogen-bond donors (Lipinski definition) is 1. The summed E-state index contributed by atoms with van der Waals surface area (Å²) in [4.78, 5) is 26.3. The van der Waals surface area contributed by atoms with Crippen molar-refractivity contribution >= 4 is 64.0 Å². The Morgan fingerprint density at radius 3 is 2.20 bits per heavy atom. The van der Waals surface area contributed by atoms with Gasteiger partial charge < -0.3 is 5.32 Å². The molecule has 0 saturated carbocycles. The summed E-state index contributed by atoms with van der Waals surface area (Å²) in [5, 5.41) is 4.20. The number of amides is 3. The van der Waals surface area contributed by atoms with Gasteiger partial charge in [-0.1, -0.05) is 52.5 Å². The highest BCUT2D eigenvalue weighted by Gasteiger charge is 2.48. The lowest BCUT2D eigenvalue weighted by molar-refractivity contribution is -0.121. The summed E-state index contributed by atoms with van der Waals surface area (Å²) >= 11 is 23.9. The molecule has 130 valence electrons. The number of anilines is 1. The molecule has 1 N–H and O–H groups in total. The molecule has 8 heteroatoms. The monoisotopic (exact) mass is 416 g/mol. The zero-order valence-corrected chi connectivity index (χ0v) is 16.0. The Hall–Kier alpha value is -1.46. The van der Waals surface area contributed by atoms with Gasteiger partial charge in [-0.25, -0.2) is 9.69 Å². The van der Waals surface area contributed by atoms with Crippen LogP contribution in [0.5, 0.6) is 0 Å². The van der Waals surface area contributed by atoms with E-state index in [2.05, 4.69) is 5.32 Å². The number of carbonyl (C=O) groups is 2. The molecule has 1 heterocycles. The molecule has 1 atom stereocenters. The maximum atomic E-state index is 12.9. The average Bonchev–Trinajstić information content (AvgIpc) is 2.71. The van der Waals surface area contributed by atoms with E-state index in [1.54, 1.807) is 25.1 Å². The van der Waals surface area contributed by atoms with Crippen molar-refractivity contribution in [2.24, 2.45) is 0 Å². The van der Waals surface area contributed by atoms with Crippen molar-refractivity contribution in [2.75, 3.05) is 4.90 Å². The van der Waals surface area contributed by atoms with E-state index in [0.717, 1.165) is 10.5 Å². The molecule has 1 unspecified atom stereocenters. The van der Waals surface area contributed by atoms with E-state index in [0.29, 0.717) is 25.8 Å². The minimum Gasteiger partial charge on any atom is -0.323 e. The molecule has 2 aromatic rings. The topological polar surface area (TPSA) is 49.4 Å². The van der Waals surface area contributed by atoms with Crippen molar-refractivity contribution in [3.05, 3.63) is 62.1 Å². The smallest absolute Gasteiger partial charge is 0.323 e. The van der Waals surface area contributed by atoms with Crippen LogP contribution in [0.25, 0.3) is 0 Å². The molecule has 0 aliphatic carbocycles. The van der Waals surface area contributed by atoms with E-state index in [1.807, 2.05) is 0 Å². The fourth-order valence-electron chi connectivity index (χ4n) is 2.76. The van der Waals surface area contributed by atoms with Crippen molar-refractivity contribution in [3.8, 4) is 0 Å². The van der Waals surface area contributed by atoms with Gasteiger partial charge in [-0.3, -0.25) is 4.79 Å². The quantitative estimate of drug-likeness (QED) is 0.683. The SMILES string of the molecule is CC1(Cc2ccc(Cl)c(Cl)c2)NC(=O)N(c2cc(Cl)cc(Cl)c2)C1=O. The first-order valence-corrected chi connectivity index (χ1v) is 8.77. The van der Waals surface area contributed by atoms with Crippen LogP contribution in [0.15, 0.2) is 36.4 Å². The Kier molecular flexibility index (Phi) is 4.91. The summed E-state index contributed by atoms with van der Waals surface area (Å²) in [5.74, 6) is -0.401. The molecule has 1 aliphatic heterocycles. The number of urea groups is 1. The van der Waals surface area contributed by atoms with Gasteiger partial charge in [0.05, 0.1) is 15.7 Å². The van der Waals surface area contributed by atoms with Gasteiger partial charge in [-0.05, 0) is 42.8 Å². The third-order valence-electron chi connectivity index (χ3n) is 3.91. The molecular formula is C17H12Cl4N2O2. The summed E-state index contributed by atoms with van der Waals surface area (Å²) in [7, 11) is 0. The summed E-state index contributed by atoms with van der Waals surface area (Å²) in [5.41, 5.74) is -0.0300. The molecule has 0 bridgehead atoms. The molecular weight excluding hydrogens is 406 g/mol. The Morgan fingerprint density at radius 2 is 1.60 bits per heavy atom. The molecule has 0 spiro atoms. The highest BCUT2D eigenvalue weighted by Crippen LogP contribution is 2.32. The van der Waals surface area contributed by atoms with Crippen molar-refractivity contribution < 1.29 is 9.59 Å². The second kappa shape index (κ2) is 6.69. The number of nitrogens with one attached hydrogen (secondary N) is 1. The third kappa shape index (κ3) is 3.58. The molecule has 0 radical (unpaired) electrons. The van der Waals surface area contributed by atoms with Crippen LogP contribution in [0.3, 0.4) is 0 Å². The lowest BCUT2D eigenvalue weighted by atomic mass is 9.93. The van der Waals surface area contributed by atoms with Crippen molar-refractivity contribution in [2.45, 2.75) is 18.9 Å². The fourth-order valence-corrected chi connectivity index (χ4v) is 3.60. The zero-order valence-electron chi connectivity index (χ0n) is 12.9. The maximum absolute atomic E-state index is 12.9. The second-order valence-corrected chi connectivity index (χ2v) is 7.64. The number of rotatable bonds is 3. The highest BCUT2D eigenvalue weighted by molar-refractivity contribution is 6.42. The van der Waals surface area contributed by atoms with Crippen molar-refractivity contribution in [1.82, 2.24) is 5.32 Å². The molecule has 0 aromatic heterocycles. The van der Waals surface area contributed by atoms with Crippen LogP contribution in [0.4, 0.5) is 10.5 Å². The van der Waals surface area contributed by atoms with Gasteiger partial charge in [-0.2, -0.15) is 0 Å². The van der Waals surface area contributed by atoms with Crippen LogP contribution in [0.2, 0.25) is 20.1 Å². The van der Waals surface area contributed by atoms with E-state index in [4.69, 9.17) is 46.4 Å². The highest BCUT2D eigenvalue weighted by atomic mass is 35.5. The van der Waals surface area contributed by atoms with E-state index in [-0.39, 0.29) is 6.42 Å². The molecule has 2 aromatic carbocycles. The summed E-state index contributed by atoms with van der Waals surface area (Å²) in [6.07, 6.45) is 0.263. The minimum absolute atomic E-state index is 0.263. The van der Waals surface area contributed by atoms with Crippen LogP contribution < -0.4 is 10.2 Å². The Labute approximate surface area is 164 Å². The summed E-state index contributed by atoms with van der Waals surface area (Å²) < 4.78 is 0. The Bertz CT molecular complexity index is 867. The predicted octanol–water partition coefficient (Wildman–Crippen LogP) is 5.36. The van der Waals surface area contributed by atoms with Gasteiger partial charge in [0.25, 0.3) is 5.91 Å². The summed E-state index contributed by atoms with van der Waals surface area (Å²) in [6.45, 7) is 1.65. The molecule has 4 nitrogen and oxygen atoms in total. The first-order valence-electron chi connectivity index (χ1n) is 7.26. The molecule has 3 amide bonds. The molecule has 1 fully saturated rings. The van der Waals surface area contributed by atoms with Crippen molar-refractivity contribution in [3.63, 3.8) is 0 Å². The van der Waals surface area contributed by atoms with Gasteiger partial charge in [0, 0.05) is 16.5 Å². The second-order valence-electron chi connectivity index (χ2n) is 5.96. The fraction of sp³-hybridized carbons (Fsp3) is 0.176. The Morgan fingerprint density at radius 1 is 0.960 bits per heavy atom. The number of imide groups is 1. The number of hydrogen-bond acceptors (Lipinski definition) is 2. The lowest BCUT2D eigenvalue weighted by Crippen LogP contribution is -2.46. The largest absolute Gasteiger partial charge is 0.329 e. The molecule has 1 aliphatic rings. The van der Waals surface area contributed by atoms with Gasteiger partial charge in [0.1, 0.15) is 5.54 Å². The lowest BCUT2D eigenvalue weighted by Gasteiger charge is -2.22. The number of nitrogens with zero attached hydrogens (tertiary/aromatic N) is 1. The molecule has 3 rings (SSSR count). The van der Waals surface area contributed by atoms with Crippen LogP contribution in [0, 0.1) is 0 Å². The predicted molar refractivity (Wildman–Crippen MR) is 101 cm³/mol. The third-order valence-corrected chi connectivity index (χ3v) is 5.08. The van der Waals surface area contributed by atoms with Crippen LogP contribution in [0.1, 0.15) is 12.5 Å². The Balaban J connectivity index is 1.92. The maximum Gasteiger partial charge on any atom is 0.329 e. The van der Waals surface area contributed by atoms with Gasteiger partial charge >= 0.3 is 6.03 Å². The van der Waals surface area contributed by atoms with Gasteiger partial charge in [0.2, 0.25) is 0 Å². The molecule has 1 saturated heterocycles. The van der Waals surface area contributed by atoms with Gasteiger partial charge in [0.15, 0.2) is 0 Å². The van der Waals surface area contributed by atoms with Gasteiger partial charge in [-0.15, -0.1) is 0 Å². The van der Waals surface area contributed by atoms with Crippen molar-refractivity contribution in [1.29, 1.82) is 0 Å². The van der Waals surface area contributed by atoms with Crippen LogP contribution in [-0.4, -0.2) is 17.5 Å². The van der Waals surface area contributed by atoms with E-state index < -0.39 is 17.5 Å². The number of halogens is 4. The average molecular weight is 418 g/mol. The van der Waals surface area contributed by atoms with Crippen LogP contribution in [-0.2, 0) is 11.2 Å². The van der Waals surface area contributed by atoms with E-state index in [1.165, 1.54) is 18.2 Å². The van der Waals surface area contributed by atoms with E-state index >= 15 is 0 Å². The first kappa shape index (κ1) is 18.3. The number of benzene rings is 2. The van der Waals surface area contributed by atoms with Crippen LogP contribution >= 0.6 is 46.4 Å². The standard InChI is InChI=1S/C17H12Cl4N2O2/c1-17(8-9-2-3-13(20)14(21)4-9)15(24)23(16(25)22-17)12-6-10(18)5-11(19)7-12/h2-7H,8H2,1H3,(H,22,25). The number of carbonyl (C=O) groups excluding carboxylic acids is 2.